The van der Waals surface area contributed by atoms with E-state index >= 15 is 0 Å². The van der Waals surface area contributed by atoms with Crippen molar-refractivity contribution in [2.24, 2.45) is 0 Å². The van der Waals surface area contributed by atoms with Gasteiger partial charge in [0.15, 0.2) is 0 Å². The van der Waals surface area contributed by atoms with E-state index in [0.717, 1.165) is 5.56 Å². The van der Waals surface area contributed by atoms with Crippen LogP contribution in [0.5, 0.6) is 11.5 Å². The molecule has 0 heterocycles. The van der Waals surface area contributed by atoms with Gasteiger partial charge in [0.1, 0.15) is 11.5 Å². The highest BCUT2D eigenvalue weighted by molar-refractivity contribution is 9.10. The number of nitrogens with one attached hydrogen (secondary N) is 1. The highest BCUT2D eigenvalue weighted by Crippen LogP contribution is 2.28. The van der Waals surface area contributed by atoms with Crippen LogP contribution in [0.2, 0.25) is 0 Å². The Hall–Kier alpha value is -1.73. The SMILES string of the molecule is CC(NCc1cccc(O)c1Br)c1cccc(OC(F)(F)F)c1. The molecule has 0 amide bonds. The van der Waals surface area contributed by atoms with Gasteiger partial charge in [0, 0.05) is 12.6 Å². The van der Waals surface area contributed by atoms with Crippen LogP contribution in [0.4, 0.5) is 13.2 Å². The van der Waals surface area contributed by atoms with Crippen molar-refractivity contribution < 1.29 is 23.0 Å². The zero-order valence-corrected chi connectivity index (χ0v) is 13.8. The molecule has 0 aliphatic carbocycles. The van der Waals surface area contributed by atoms with Crippen LogP contribution in [0, 0.1) is 0 Å². The topological polar surface area (TPSA) is 41.5 Å². The van der Waals surface area contributed by atoms with Crippen molar-refractivity contribution in [2.45, 2.75) is 25.9 Å². The first kappa shape index (κ1) is 17.6. The third-order valence-corrected chi connectivity index (χ3v) is 4.16. The molecule has 0 bridgehead atoms. The maximum Gasteiger partial charge on any atom is 0.573 e. The zero-order valence-electron chi connectivity index (χ0n) is 12.2. The van der Waals surface area contributed by atoms with Crippen LogP contribution in [0.25, 0.3) is 0 Å². The number of benzene rings is 2. The van der Waals surface area contributed by atoms with Gasteiger partial charge in [0.2, 0.25) is 0 Å². The molecule has 2 aromatic rings. The largest absolute Gasteiger partial charge is 0.573 e. The van der Waals surface area contributed by atoms with Crippen LogP contribution >= 0.6 is 15.9 Å². The third kappa shape index (κ3) is 5.14. The number of ether oxygens (including phenoxy) is 1. The van der Waals surface area contributed by atoms with Crippen molar-refractivity contribution in [3.05, 3.63) is 58.1 Å². The molecule has 124 valence electrons. The lowest BCUT2D eigenvalue weighted by molar-refractivity contribution is -0.274. The van der Waals surface area contributed by atoms with E-state index in [1.54, 1.807) is 18.2 Å². The van der Waals surface area contributed by atoms with E-state index in [-0.39, 0.29) is 17.5 Å². The van der Waals surface area contributed by atoms with Gasteiger partial charge in [-0.1, -0.05) is 24.3 Å². The first-order valence-electron chi connectivity index (χ1n) is 6.81. The summed E-state index contributed by atoms with van der Waals surface area (Å²) in [7, 11) is 0. The Morgan fingerprint density at radius 1 is 1.22 bits per heavy atom. The van der Waals surface area contributed by atoms with Gasteiger partial charge < -0.3 is 15.2 Å². The molecule has 0 saturated heterocycles. The quantitative estimate of drug-likeness (QED) is 0.763. The van der Waals surface area contributed by atoms with Crippen LogP contribution in [-0.2, 0) is 6.54 Å². The molecule has 1 atom stereocenters. The van der Waals surface area contributed by atoms with E-state index in [1.165, 1.54) is 18.2 Å². The Morgan fingerprint density at radius 3 is 2.61 bits per heavy atom. The van der Waals surface area contributed by atoms with Crippen molar-refractivity contribution in [2.75, 3.05) is 0 Å². The molecule has 0 aromatic heterocycles. The maximum atomic E-state index is 12.3. The number of alkyl halides is 3. The monoisotopic (exact) mass is 389 g/mol. The molecule has 0 aliphatic rings. The van der Waals surface area contributed by atoms with Crippen molar-refractivity contribution >= 4 is 15.9 Å². The van der Waals surface area contributed by atoms with Crippen molar-refractivity contribution in [3.8, 4) is 11.5 Å². The molecular weight excluding hydrogens is 375 g/mol. The van der Waals surface area contributed by atoms with Gasteiger partial charge in [-0.25, -0.2) is 0 Å². The summed E-state index contributed by atoms with van der Waals surface area (Å²) in [5.74, 6) is -0.111. The van der Waals surface area contributed by atoms with Crippen LogP contribution in [-0.4, -0.2) is 11.5 Å². The first-order valence-corrected chi connectivity index (χ1v) is 7.61. The minimum Gasteiger partial charge on any atom is -0.507 e. The highest BCUT2D eigenvalue weighted by Gasteiger charge is 2.31. The molecule has 0 radical (unpaired) electrons. The highest BCUT2D eigenvalue weighted by atomic mass is 79.9. The number of hydrogen-bond acceptors (Lipinski definition) is 3. The lowest BCUT2D eigenvalue weighted by atomic mass is 10.1. The Bertz CT molecular complexity index is 677. The molecule has 7 heteroatoms. The average Bonchev–Trinajstić information content (AvgIpc) is 2.47. The van der Waals surface area contributed by atoms with Crippen LogP contribution in [0.3, 0.4) is 0 Å². The van der Waals surface area contributed by atoms with Gasteiger partial charge in [-0.2, -0.15) is 0 Å². The molecular formula is C16H15BrF3NO2. The van der Waals surface area contributed by atoms with Crippen molar-refractivity contribution in [3.63, 3.8) is 0 Å². The van der Waals surface area contributed by atoms with Crippen LogP contribution < -0.4 is 10.1 Å². The molecule has 0 spiro atoms. The van der Waals surface area contributed by atoms with Gasteiger partial charge in [-0.05, 0) is 52.2 Å². The van der Waals surface area contributed by atoms with Gasteiger partial charge in [-0.3, -0.25) is 0 Å². The van der Waals surface area contributed by atoms with Gasteiger partial charge >= 0.3 is 6.36 Å². The predicted molar refractivity (Wildman–Crippen MR) is 84.2 cm³/mol. The fraction of sp³-hybridized carbons (Fsp3) is 0.250. The van der Waals surface area contributed by atoms with Crippen molar-refractivity contribution in [1.82, 2.24) is 5.32 Å². The second-order valence-corrected chi connectivity index (χ2v) is 5.77. The average molecular weight is 390 g/mol. The summed E-state index contributed by atoms with van der Waals surface area (Å²) in [6.07, 6.45) is -4.71. The minimum absolute atomic E-state index is 0.137. The number of phenolic OH excluding ortho intramolecular Hbond substituents is 1. The smallest absolute Gasteiger partial charge is 0.507 e. The minimum atomic E-state index is -4.71. The van der Waals surface area contributed by atoms with Crippen LogP contribution in [0.15, 0.2) is 46.9 Å². The fourth-order valence-corrected chi connectivity index (χ4v) is 2.47. The Kier molecular flexibility index (Phi) is 5.54. The summed E-state index contributed by atoms with van der Waals surface area (Å²) in [4.78, 5) is 0. The first-order chi connectivity index (χ1) is 10.8. The summed E-state index contributed by atoms with van der Waals surface area (Å²) in [6, 6.07) is 10.8. The van der Waals surface area contributed by atoms with E-state index < -0.39 is 6.36 Å². The summed E-state index contributed by atoms with van der Waals surface area (Å²) >= 11 is 3.30. The molecule has 23 heavy (non-hydrogen) atoms. The molecule has 3 nitrogen and oxygen atoms in total. The van der Waals surface area contributed by atoms with Gasteiger partial charge in [-0.15, -0.1) is 13.2 Å². The molecule has 0 saturated carbocycles. The summed E-state index contributed by atoms with van der Waals surface area (Å²) < 4.78 is 41.3. The summed E-state index contributed by atoms with van der Waals surface area (Å²) in [5, 5.41) is 12.8. The maximum absolute atomic E-state index is 12.3. The molecule has 0 aliphatic heterocycles. The van der Waals surface area contributed by atoms with E-state index in [1.807, 2.05) is 13.0 Å². The number of halogens is 4. The standard InChI is InChI=1S/C16H15BrF3NO2/c1-10(21-9-12-5-3-7-14(22)15(12)17)11-4-2-6-13(8-11)23-16(18,19)20/h2-8,10,21-22H,9H2,1H3. The van der Waals surface area contributed by atoms with E-state index in [9.17, 15) is 18.3 Å². The second-order valence-electron chi connectivity index (χ2n) is 4.97. The normalized spacial score (nSPS) is 12.9. The predicted octanol–water partition coefficient (Wildman–Crippen LogP) is 4.90. The Morgan fingerprint density at radius 2 is 1.91 bits per heavy atom. The zero-order chi connectivity index (χ0) is 17.0. The molecule has 2 rings (SSSR count). The third-order valence-electron chi connectivity index (χ3n) is 3.25. The molecule has 0 fully saturated rings. The summed E-state index contributed by atoms with van der Waals surface area (Å²) in [5.41, 5.74) is 1.52. The van der Waals surface area contributed by atoms with Crippen molar-refractivity contribution in [1.29, 1.82) is 0 Å². The number of rotatable bonds is 5. The lowest BCUT2D eigenvalue weighted by Gasteiger charge is -2.17. The Labute approximate surface area is 140 Å². The van der Waals surface area contributed by atoms with E-state index in [2.05, 4.69) is 26.0 Å². The number of phenols is 1. The summed E-state index contributed by atoms with van der Waals surface area (Å²) in [6.45, 7) is 2.28. The molecule has 1 unspecified atom stereocenters. The second kappa shape index (κ2) is 7.23. The van der Waals surface area contributed by atoms with E-state index in [0.29, 0.717) is 16.6 Å². The van der Waals surface area contributed by atoms with Crippen LogP contribution in [0.1, 0.15) is 24.1 Å². The fourth-order valence-electron chi connectivity index (χ4n) is 2.06. The number of aromatic hydroxyl groups is 1. The molecule has 2 N–H and O–H groups in total. The molecule has 2 aromatic carbocycles. The Balaban J connectivity index is 2.04. The van der Waals surface area contributed by atoms with E-state index in [4.69, 9.17) is 0 Å². The van der Waals surface area contributed by atoms with Gasteiger partial charge in [0.05, 0.1) is 4.47 Å². The van der Waals surface area contributed by atoms with Gasteiger partial charge in [0.25, 0.3) is 0 Å². The lowest BCUT2D eigenvalue weighted by Crippen LogP contribution is -2.19. The number of hydrogen-bond donors (Lipinski definition) is 2.